The fraction of sp³-hybridized carbons (Fsp3) is 0.435. The lowest BCUT2D eigenvalue weighted by Gasteiger charge is -2.33. The molecule has 136 valence electrons. The first-order valence-corrected chi connectivity index (χ1v) is 9.95. The van der Waals surface area contributed by atoms with E-state index in [2.05, 4.69) is 64.4 Å². The Bertz CT molecular complexity index is 729. The summed E-state index contributed by atoms with van der Waals surface area (Å²) in [6, 6.07) is 19.4. The van der Waals surface area contributed by atoms with Crippen LogP contribution in [0.4, 0.5) is 0 Å². The van der Waals surface area contributed by atoms with Crippen LogP contribution < -0.4 is 0 Å². The Morgan fingerprint density at radius 2 is 1.54 bits per heavy atom. The van der Waals surface area contributed by atoms with Crippen molar-refractivity contribution in [1.82, 2.24) is 9.80 Å². The van der Waals surface area contributed by atoms with Gasteiger partial charge in [-0.05, 0) is 61.5 Å². The van der Waals surface area contributed by atoms with E-state index in [4.69, 9.17) is 0 Å². The number of rotatable bonds is 4. The predicted octanol–water partition coefficient (Wildman–Crippen LogP) is 4.19. The monoisotopic (exact) mass is 348 g/mol. The van der Waals surface area contributed by atoms with E-state index < -0.39 is 0 Å². The quantitative estimate of drug-likeness (QED) is 0.827. The number of nitrogens with zero attached hydrogens (tertiary/aromatic N) is 2. The van der Waals surface area contributed by atoms with Crippen molar-refractivity contribution in [3.8, 4) is 11.1 Å². The van der Waals surface area contributed by atoms with Crippen LogP contribution in [0.2, 0.25) is 0 Å². The minimum absolute atomic E-state index is 0.250. The first kappa shape index (κ1) is 17.3. The van der Waals surface area contributed by atoms with Crippen molar-refractivity contribution in [3.63, 3.8) is 0 Å². The number of benzene rings is 2. The van der Waals surface area contributed by atoms with Crippen LogP contribution in [0.3, 0.4) is 0 Å². The zero-order valence-corrected chi connectivity index (χ0v) is 15.4. The van der Waals surface area contributed by atoms with Crippen molar-refractivity contribution in [2.45, 2.75) is 32.2 Å². The molecule has 2 saturated heterocycles. The Labute approximate surface area is 156 Å². The second kappa shape index (κ2) is 8.05. The van der Waals surface area contributed by atoms with E-state index in [0.29, 0.717) is 5.91 Å². The van der Waals surface area contributed by atoms with Gasteiger partial charge in [0, 0.05) is 25.6 Å². The first-order chi connectivity index (χ1) is 12.8. The molecule has 2 heterocycles. The molecule has 0 spiro atoms. The van der Waals surface area contributed by atoms with Crippen LogP contribution in [0.5, 0.6) is 0 Å². The summed E-state index contributed by atoms with van der Waals surface area (Å²) in [4.78, 5) is 17.2. The molecule has 26 heavy (non-hydrogen) atoms. The molecule has 2 aliphatic heterocycles. The summed E-state index contributed by atoms with van der Waals surface area (Å²) in [5.41, 5.74) is 3.90. The van der Waals surface area contributed by atoms with E-state index in [0.717, 1.165) is 45.6 Å². The average molecular weight is 348 g/mol. The molecule has 0 N–H and O–H groups in total. The Balaban J connectivity index is 1.34. The van der Waals surface area contributed by atoms with E-state index in [9.17, 15) is 4.79 Å². The predicted molar refractivity (Wildman–Crippen MR) is 106 cm³/mol. The smallest absolute Gasteiger partial charge is 0.225 e. The largest absolute Gasteiger partial charge is 0.342 e. The minimum Gasteiger partial charge on any atom is -0.342 e. The maximum atomic E-state index is 12.6. The van der Waals surface area contributed by atoms with Gasteiger partial charge < -0.3 is 4.90 Å². The van der Waals surface area contributed by atoms with Crippen LogP contribution in [-0.2, 0) is 11.3 Å². The van der Waals surface area contributed by atoms with Gasteiger partial charge >= 0.3 is 0 Å². The molecule has 2 aromatic rings. The molecular weight excluding hydrogens is 320 g/mol. The van der Waals surface area contributed by atoms with Crippen molar-refractivity contribution in [1.29, 1.82) is 0 Å². The number of hydrogen-bond acceptors (Lipinski definition) is 2. The van der Waals surface area contributed by atoms with Gasteiger partial charge in [0.25, 0.3) is 0 Å². The van der Waals surface area contributed by atoms with Crippen molar-refractivity contribution in [3.05, 3.63) is 60.2 Å². The fourth-order valence-corrected chi connectivity index (χ4v) is 4.27. The topological polar surface area (TPSA) is 23.6 Å². The molecule has 0 unspecified atom stereocenters. The molecule has 3 heteroatoms. The molecule has 0 saturated carbocycles. The molecule has 4 rings (SSSR count). The molecule has 0 aliphatic carbocycles. The van der Waals surface area contributed by atoms with Crippen molar-refractivity contribution < 1.29 is 4.79 Å². The summed E-state index contributed by atoms with van der Waals surface area (Å²) < 4.78 is 0. The summed E-state index contributed by atoms with van der Waals surface area (Å²) in [6.45, 7) is 4.99. The maximum absolute atomic E-state index is 12.6. The summed E-state index contributed by atoms with van der Waals surface area (Å²) in [6.07, 6.45) is 4.38. The SMILES string of the molecule is O=C(C1CCN(Cc2cccc(-c3ccccc3)c2)CC1)N1CCCC1. The van der Waals surface area contributed by atoms with E-state index >= 15 is 0 Å². The fourth-order valence-electron chi connectivity index (χ4n) is 4.27. The number of carbonyl (C=O) groups is 1. The molecule has 2 fully saturated rings. The van der Waals surface area contributed by atoms with Gasteiger partial charge in [0.05, 0.1) is 0 Å². The van der Waals surface area contributed by atoms with Crippen LogP contribution in [-0.4, -0.2) is 41.9 Å². The van der Waals surface area contributed by atoms with E-state index in [1.54, 1.807) is 0 Å². The normalized spacial score (nSPS) is 19.0. The second-order valence-corrected chi connectivity index (χ2v) is 7.65. The molecule has 0 radical (unpaired) electrons. The second-order valence-electron chi connectivity index (χ2n) is 7.65. The minimum atomic E-state index is 0.250. The number of hydrogen-bond donors (Lipinski definition) is 0. The maximum Gasteiger partial charge on any atom is 0.225 e. The highest BCUT2D eigenvalue weighted by Gasteiger charge is 2.29. The van der Waals surface area contributed by atoms with Crippen LogP contribution in [0.1, 0.15) is 31.2 Å². The zero-order valence-electron chi connectivity index (χ0n) is 15.4. The molecule has 0 bridgehead atoms. The summed E-state index contributed by atoms with van der Waals surface area (Å²) in [5.74, 6) is 0.660. The van der Waals surface area contributed by atoms with Crippen LogP contribution in [0, 0.1) is 5.92 Å². The molecule has 3 nitrogen and oxygen atoms in total. The molecular formula is C23H28N2O. The average Bonchev–Trinajstić information content (AvgIpc) is 3.24. The first-order valence-electron chi connectivity index (χ1n) is 9.95. The third-order valence-corrected chi connectivity index (χ3v) is 5.79. The number of amides is 1. The van der Waals surface area contributed by atoms with Crippen LogP contribution in [0.25, 0.3) is 11.1 Å². The molecule has 1 amide bonds. The van der Waals surface area contributed by atoms with Gasteiger partial charge in [-0.25, -0.2) is 0 Å². The highest BCUT2D eigenvalue weighted by atomic mass is 16.2. The Kier molecular flexibility index (Phi) is 5.35. The molecule has 2 aliphatic rings. The van der Waals surface area contributed by atoms with Crippen LogP contribution in [0.15, 0.2) is 54.6 Å². The third-order valence-electron chi connectivity index (χ3n) is 5.79. The van der Waals surface area contributed by atoms with Gasteiger partial charge in [0.1, 0.15) is 0 Å². The van der Waals surface area contributed by atoms with E-state index in [1.807, 2.05) is 0 Å². The number of carbonyl (C=O) groups excluding carboxylic acids is 1. The lowest BCUT2D eigenvalue weighted by Crippen LogP contribution is -2.41. The van der Waals surface area contributed by atoms with E-state index in [1.165, 1.54) is 29.5 Å². The van der Waals surface area contributed by atoms with Gasteiger partial charge in [-0.2, -0.15) is 0 Å². The van der Waals surface area contributed by atoms with Crippen molar-refractivity contribution in [2.75, 3.05) is 26.2 Å². The van der Waals surface area contributed by atoms with Crippen molar-refractivity contribution >= 4 is 5.91 Å². The van der Waals surface area contributed by atoms with Crippen molar-refractivity contribution in [2.24, 2.45) is 5.92 Å². The van der Waals surface area contributed by atoms with E-state index in [-0.39, 0.29) is 5.92 Å². The third kappa shape index (κ3) is 3.99. The van der Waals surface area contributed by atoms with Gasteiger partial charge in [0.2, 0.25) is 5.91 Å². The summed E-state index contributed by atoms with van der Waals surface area (Å²) in [7, 11) is 0. The lowest BCUT2D eigenvalue weighted by molar-refractivity contribution is -0.136. The molecule has 2 aromatic carbocycles. The van der Waals surface area contributed by atoms with Gasteiger partial charge in [-0.1, -0.05) is 48.5 Å². The number of likely N-dealkylation sites (tertiary alicyclic amines) is 2. The summed E-state index contributed by atoms with van der Waals surface area (Å²) >= 11 is 0. The highest BCUT2D eigenvalue weighted by Crippen LogP contribution is 2.25. The lowest BCUT2D eigenvalue weighted by atomic mass is 9.94. The molecule has 0 atom stereocenters. The zero-order chi connectivity index (χ0) is 17.8. The van der Waals surface area contributed by atoms with Crippen LogP contribution >= 0.6 is 0 Å². The summed E-state index contributed by atoms with van der Waals surface area (Å²) in [5, 5.41) is 0. The Morgan fingerprint density at radius 1 is 0.846 bits per heavy atom. The van der Waals surface area contributed by atoms with Gasteiger partial charge in [0.15, 0.2) is 0 Å². The number of piperidine rings is 1. The van der Waals surface area contributed by atoms with Gasteiger partial charge in [-0.15, -0.1) is 0 Å². The Hall–Kier alpha value is -2.13. The van der Waals surface area contributed by atoms with Gasteiger partial charge in [-0.3, -0.25) is 9.69 Å². The standard InChI is InChI=1S/C23H28N2O/c26-23(25-13-4-5-14-25)21-11-15-24(16-12-21)18-19-7-6-10-22(17-19)20-8-2-1-3-9-20/h1-3,6-10,17,21H,4-5,11-16,18H2. The Morgan fingerprint density at radius 3 is 2.27 bits per heavy atom. The molecule has 0 aromatic heterocycles. The highest BCUT2D eigenvalue weighted by molar-refractivity contribution is 5.79.